The second-order valence-corrected chi connectivity index (χ2v) is 4.85. The van der Waals surface area contributed by atoms with Crippen LogP contribution in [-0.2, 0) is 16.1 Å². The summed E-state index contributed by atoms with van der Waals surface area (Å²) in [6.45, 7) is 0.487. The van der Waals surface area contributed by atoms with Gasteiger partial charge in [0.2, 0.25) is 0 Å². The lowest BCUT2D eigenvalue weighted by atomic mass is 9.96. The summed E-state index contributed by atoms with van der Waals surface area (Å²) in [5.74, 6) is 0.357. The molecule has 0 saturated carbocycles. The van der Waals surface area contributed by atoms with Gasteiger partial charge in [-0.25, -0.2) is 4.79 Å². The van der Waals surface area contributed by atoms with E-state index in [1.54, 1.807) is 25.3 Å². The van der Waals surface area contributed by atoms with Crippen LogP contribution in [-0.4, -0.2) is 20.2 Å². The van der Waals surface area contributed by atoms with E-state index >= 15 is 0 Å². The van der Waals surface area contributed by atoms with Crippen molar-refractivity contribution in [3.05, 3.63) is 64.7 Å². The van der Waals surface area contributed by atoms with Crippen molar-refractivity contribution in [2.45, 2.75) is 12.7 Å². The van der Waals surface area contributed by atoms with Gasteiger partial charge in [0, 0.05) is 12.7 Å². The normalized spacial score (nSPS) is 16.2. The molecule has 0 aliphatic carbocycles. The zero-order valence-electron chi connectivity index (χ0n) is 12.0. The number of hydrogen-bond acceptors (Lipinski definition) is 4. The van der Waals surface area contributed by atoms with E-state index in [0.717, 1.165) is 22.4 Å². The Labute approximate surface area is 123 Å². The Kier molecular flexibility index (Phi) is 3.62. The largest absolute Gasteiger partial charge is 0.488 e. The molecule has 1 aliphatic rings. The number of carbonyl (C=O) groups excluding carboxylic acids is 1. The van der Waals surface area contributed by atoms with E-state index in [4.69, 9.17) is 14.2 Å². The highest BCUT2D eigenvalue weighted by molar-refractivity contribution is 5.89. The second-order valence-electron chi connectivity index (χ2n) is 4.85. The first-order valence-electron chi connectivity index (χ1n) is 6.70. The lowest BCUT2D eigenvalue weighted by Gasteiger charge is -2.17. The predicted molar refractivity (Wildman–Crippen MR) is 77.4 cm³/mol. The van der Waals surface area contributed by atoms with Gasteiger partial charge >= 0.3 is 5.97 Å². The average Bonchev–Trinajstić information content (AvgIpc) is 2.69. The number of benzene rings is 2. The van der Waals surface area contributed by atoms with Crippen LogP contribution in [0.25, 0.3) is 0 Å². The van der Waals surface area contributed by atoms with E-state index in [-0.39, 0.29) is 12.1 Å². The van der Waals surface area contributed by atoms with Gasteiger partial charge < -0.3 is 14.2 Å². The lowest BCUT2D eigenvalue weighted by Crippen LogP contribution is -2.07. The van der Waals surface area contributed by atoms with Crippen molar-refractivity contribution in [3.8, 4) is 5.75 Å². The summed E-state index contributed by atoms with van der Waals surface area (Å²) in [5, 5.41) is 0. The Bertz CT molecular complexity index is 678. The quantitative estimate of drug-likeness (QED) is 0.795. The van der Waals surface area contributed by atoms with Gasteiger partial charge in [-0.1, -0.05) is 24.3 Å². The minimum absolute atomic E-state index is 0.261. The fraction of sp³-hybridized carbons (Fsp3) is 0.235. The van der Waals surface area contributed by atoms with Crippen LogP contribution in [0.1, 0.15) is 33.2 Å². The Morgan fingerprint density at radius 1 is 1.14 bits per heavy atom. The molecule has 0 bridgehead atoms. The lowest BCUT2D eigenvalue weighted by molar-refractivity contribution is 0.0600. The third-order valence-electron chi connectivity index (χ3n) is 3.67. The maximum Gasteiger partial charge on any atom is 0.337 e. The Balaban J connectivity index is 2.14. The van der Waals surface area contributed by atoms with E-state index in [1.165, 1.54) is 7.11 Å². The van der Waals surface area contributed by atoms with E-state index in [2.05, 4.69) is 0 Å². The van der Waals surface area contributed by atoms with Gasteiger partial charge in [0.25, 0.3) is 0 Å². The van der Waals surface area contributed by atoms with Gasteiger partial charge in [0.15, 0.2) is 0 Å². The van der Waals surface area contributed by atoms with Crippen LogP contribution in [0, 0.1) is 0 Å². The van der Waals surface area contributed by atoms with Crippen molar-refractivity contribution < 1.29 is 19.0 Å². The summed E-state index contributed by atoms with van der Waals surface area (Å²) in [4.78, 5) is 11.7. The minimum atomic E-state index is -0.370. The van der Waals surface area contributed by atoms with E-state index in [1.807, 2.05) is 24.3 Å². The topological polar surface area (TPSA) is 44.8 Å². The standard InChI is InChI=1S/C17H16O4/c1-19-16-13-6-4-3-5-12(13)10-21-15-8-7-11(9-14(15)16)17(18)20-2/h3-9,16H,10H2,1-2H3/t16-/m1/s1. The molecular formula is C17H16O4. The van der Waals surface area contributed by atoms with Crippen LogP contribution in [0.15, 0.2) is 42.5 Å². The summed E-state index contributed by atoms with van der Waals surface area (Å²) in [5.41, 5.74) is 3.47. The first-order valence-corrected chi connectivity index (χ1v) is 6.70. The van der Waals surface area contributed by atoms with Crippen LogP contribution in [0.5, 0.6) is 5.75 Å². The van der Waals surface area contributed by atoms with E-state index in [0.29, 0.717) is 12.2 Å². The smallest absolute Gasteiger partial charge is 0.337 e. The van der Waals surface area contributed by atoms with Crippen LogP contribution in [0.2, 0.25) is 0 Å². The Hall–Kier alpha value is -2.33. The summed E-state index contributed by atoms with van der Waals surface area (Å²) in [6, 6.07) is 13.3. The molecule has 0 N–H and O–H groups in total. The van der Waals surface area contributed by atoms with Crippen LogP contribution in [0.3, 0.4) is 0 Å². The molecule has 2 aromatic rings. The molecule has 21 heavy (non-hydrogen) atoms. The molecule has 1 atom stereocenters. The average molecular weight is 284 g/mol. The molecule has 108 valence electrons. The third kappa shape index (κ3) is 2.38. The molecule has 3 rings (SSSR count). The Morgan fingerprint density at radius 2 is 1.95 bits per heavy atom. The van der Waals surface area contributed by atoms with E-state index < -0.39 is 0 Å². The molecule has 1 heterocycles. The summed E-state index contributed by atoms with van der Waals surface area (Å²) >= 11 is 0. The first kappa shape index (κ1) is 13.6. The molecule has 2 aromatic carbocycles. The summed E-state index contributed by atoms with van der Waals surface area (Å²) in [6.07, 6.45) is -0.261. The van der Waals surface area contributed by atoms with Gasteiger partial charge in [0.1, 0.15) is 18.5 Å². The molecule has 1 aliphatic heterocycles. The molecule has 0 fully saturated rings. The van der Waals surface area contributed by atoms with E-state index in [9.17, 15) is 4.79 Å². The molecule has 0 spiro atoms. The van der Waals surface area contributed by atoms with Gasteiger partial charge in [-0.05, 0) is 29.3 Å². The Morgan fingerprint density at radius 3 is 2.71 bits per heavy atom. The van der Waals surface area contributed by atoms with Crippen molar-refractivity contribution in [3.63, 3.8) is 0 Å². The van der Waals surface area contributed by atoms with Gasteiger partial charge in [-0.3, -0.25) is 0 Å². The number of hydrogen-bond donors (Lipinski definition) is 0. The molecule has 0 amide bonds. The number of ether oxygens (including phenoxy) is 3. The number of fused-ring (bicyclic) bond motifs is 2. The summed E-state index contributed by atoms with van der Waals surface area (Å²) in [7, 11) is 3.02. The number of carbonyl (C=O) groups is 1. The van der Waals surface area contributed by atoms with Crippen LogP contribution < -0.4 is 4.74 Å². The highest BCUT2D eigenvalue weighted by atomic mass is 16.5. The second kappa shape index (κ2) is 5.58. The van der Waals surface area contributed by atoms with Gasteiger partial charge in [-0.15, -0.1) is 0 Å². The minimum Gasteiger partial charge on any atom is -0.488 e. The monoisotopic (exact) mass is 284 g/mol. The van der Waals surface area contributed by atoms with Gasteiger partial charge in [0.05, 0.1) is 12.7 Å². The fourth-order valence-corrected chi connectivity index (χ4v) is 2.63. The first-order chi connectivity index (χ1) is 10.2. The highest BCUT2D eigenvalue weighted by Gasteiger charge is 2.25. The van der Waals surface area contributed by atoms with Crippen molar-refractivity contribution >= 4 is 5.97 Å². The predicted octanol–water partition coefficient (Wildman–Crippen LogP) is 3.10. The molecule has 0 aromatic heterocycles. The zero-order valence-corrected chi connectivity index (χ0v) is 12.0. The maximum atomic E-state index is 11.7. The molecule has 0 radical (unpaired) electrons. The van der Waals surface area contributed by atoms with Crippen LogP contribution in [0.4, 0.5) is 0 Å². The van der Waals surface area contributed by atoms with Crippen molar-refractivity contribution in [2.75, 3.05) is 14.2 Å². The molecular weight excluding hydrogens is 268 g/mol. The number of methoxy groups -OCH3 is 2. The molecule has 4 heteroatoms. The number of esters is 1. The SMILES string of the molecule is COC(=O)c1ccc2c(c1)[C@H](OC)c1ccccc1CO2. The van der Waals surface area contributed by atoms with Crippen molar-refractivity contribution in [2.24, 2.45) is 0 Å². The van der Waals surface area contributed by atoms with Crippen molar-refractivity contribution in [1.82, 2.24) is 0 Å². The third-order valence-corrected chi connectivity index (χ3v) is 3.67. The maximum absolute atomic E-state index is 11.7. The van der Waals surface area contributed by atoms with Crippen LogP contribution >= 0.6 is 0 Å². The molecule has 0 saturated heterocycles. The summed E-state index contributed by atoms with van der Waals surface area (Å²) < 4.78 is 16.3. The van der Waals surface area contributed by atoms with Crippen molar-refractivity contribution in [1.29, 1.82) is 0 Å². The fourth-order valence-electron chi connectivity index (χ4n) is 2.63. The molecule has 0 unspecified atom stereocenters. The molecule has 4 nitrogen and oxygen atoms in total. The highest BCUT2D eigenvalue weighted by Crippen LogP contribution is 2.38. The zero-order chi connectivity index (χ0) is 14.8. The van der Waals surface area contributed by atoms with Gasteiger partial charge in [-0.2, -0.15) is 0 Å². The number of rotatable bonds is 2.